The quantitative estimate of drug-likeness (QED) is 0.909. The summed E-state index contributed by atoms with van der Waals surface area (Å²) in [5.74, 6) is 0.911. The number of hydrogen-bond donors (Lipinski definition) is 1. The zero-order valence-corrected chi connectivity index (χ0v) is 12.7. The molecule has 3 rings (SSSR count). The molecule has 2 fully saturated rings. The van der Waals surface area contributed by atoms with Gasteiger partial charge in [0.1, 0.15) is 6.61 Å². The minimum absolute atomic E-state index is 0.240. The molecule has 0 unspecified atom stereocenters. The molecule has 0 bridgehead atoms. The summed E-state index contributed by atoms with van der Waals surface area (Å²) in [6.07, 6.45) is 6.21. The number of nitrogens with one attached hydrogen (secondary N) is 1. The van der Waals surface area contributed by atoms with Crippen LogP contribution in [0, 0.1) is 5.92 Å². The standard InChI is InChI=1S/C17H24N2O2/c1-2-13-6-8-14(9-7-13)18-15-4-3-5-16(12-15)19-10-11-21-17(19)20/h3-5,12-14,18H,2,6-11H2,1H3. The Morgan fingerprint density at radius 3 is 2.76 bits per heavy atom. The Kier molecular flexibility index (Phi) is 4.32. The Hall–Kier alpha value is -1.71. The molecule has 4 heteroatoms. The fourth-order valence-electron chi connectivity index (χ4n) is 3.34. The molecule has 1 saturated heterocycles. The van der Waals surface area contributed by atoms with Crippen molar-refractivity contribution in [2.45, 2.75) is 45.1 Å². The summed E-state index contributed by atoms with van der Waals surface area (Å²) in [6, 6.07) is 8.66. The van der Waals surface area contributed by atoms with E-state index in [1.165, 1.54) is 32.1 Å². The Labute approximate surface area is 126 Å². The van der Waals surface area contributed by atoms with Crippen molar-refractivity contribution in [1.82, 2.24) is 0 Å². The Bertz CT molecular complexity index is 495. The molecule has 0 aromatic heterocycles. The highest BCUT2D eigenvalue weighted by molar-refractivity contribution is 5.89. The summed E-state index contributed by atoms with van der Waals surface area (Å²) in [7, 11) is 0. The van der Waals surface area contributed by atoms with E-state index in [2.05, 4.69) is 24.4 Å². The molecule has 1 aromatic rings. The van der Waals surface area contributed by atoms with Crippen molar-refractivity contribution in [3.8, 4) is 0 Å². The van der Waals surface area contributed by atoms with E-state index in [-0.39, 0.29) is 6.09 Å². The number of benzene rings is 1. The summed E-state index contributed by atoms with van der Waals surface area (Å²) >= 11 is 0. The fourth-order valence-corrected chi connectivity index (χ4v) is 3.34. The van der Waals surface area contributed by atoms with Gasteiger partial charge in [0, 0.05) is 17.4 Å². The molecule has 1 saturated carbocycles. The zero-order chi connectivity index (χ0) is 14.7. The molecule has 1 aromatic carbocycles. The third kappa shape index (κ3) is 3.31. The lowest BCUT2D eigenvalue weighted by atomic mass is 9.84. The summed E-state index contributed by atoms with van der Waals surface area (Å²) < 4.78 is 5.00. The van der Waals surface area contributed by atoms with Crippen LogP contribution >= 0.6 is 0 Å². The van der Waals surface area contributed by atoms with Crippen LogP contribution in [0.2, 0.25) is 0 Å². The van der Waals surface area contributed by atoms with Crippen LogP contribution < -0.4 is 10.2 Å². The Morgan fingerprint density at radius 2 is 2.10 bits per heavy atom. The monoisotopic (exact) mass is 288 g/mol. The number of carbonyl (C=O) groups excluding carboxylic acids is 1. The molecule has 1 aliphatic carbocycles. The van der Waals surface area contributed by atoms with Crippen LogP contribution in [0.25, 0.3) is 0 Å². The van der Waals surface area contributed by atoms with E-state index in [9.17, 15) is 4.79 Å². The third-order valence-electron chi connectivity index (χ3n) is 4.71. The number of nitrogens with zero attached hydrogens (tertiary/aromatic N) is 1. The highest BCUT2D eigenvalue weighted by atomic mass is 16.6. The number of amides is 1. The van der Waals surface area contributed by atoms with Crippen LogP contribution in [0.1, 0.15) is 39.0 Å². The summed E-state index contributed by atoms with van der Waals surface area (Å²) in [5, 5.41) is 3.63. The number of anilines is 2. The summed E-state index contributed by atoms with van der Waals surface area (Å²) in [4.78, 5) is 13.3. The van der Waals surface area contributed by atoms with Gasteiger partial charge in [-0.15, -0.1) is 0 Å². The van der Waals surface area contributed by atoms with Crippen LogP contribution in [0.5, 0.6) is 0 Å². The predicted molar refractivity (Wildman–Crippen MR) is 84.8 cm³/mol. The maximum atomic E-state index is 11.6. The fraction of sp³-hybridized carbons (Fsp3) is 0.588. The van der Waals surface area contributed by atoms with Gasteiger partial charge in [0.05, 0.1) is 6.54 Å². The topological polar surface area (TPSA) is 41.6 Å². The second-order valence-electron chi connectivity index (χ2n) is 6.09. The number of cyclic esters (lactones) is 1. The first-order valence-electron chi connectivity index (χ1n) is 8.07. The summed E-state index contributed by atoms with van der Waals surface area (Å²) in [6.45, 7) is 3.42. The van der Waals surface area contributed by atoms with Crippen LogP contribution in [0.3, 0.4) is 0 Å². The Balaban J connectivity index is 1.62. The molecule has 4 nitrogen and oxygen atoms in total. The van der Waals surface area contributed by atoms with Gasteiger partial charge in [0.2, 0.25) is 0 Å². The van der Waals surface area contributed by atoms with Gasteiger partial charge >= 0.3 is 6.09 Å². The average Bonchev–Trinajstić information content (AvgIpc) is 2.94. The number of rotatable bonds is 4. The first-order chi connectivity index (χ1) is 10.3. The van der Waals surface area contributed by atoms with Crippen molar-refractivity contribution in [2.75, 3.05) is 23.4 Å². The third-order valence-corrected chi connectivity index (χ3v) is 4.71. The second kappa shape index (κ2) is 6.37. The van der Waals surface area contributed by atoms with Crippen molar-refractivity contribution in [2.24, 2.45) is 5.92 Å². The van der Waals surface area contributed by atoms with Gasteiger partial charge in [0.25, 0.3) is 0 Å². The molecular formula is C17H24N2O2. The molecule has 1 amide bonds. The molecule has 2 aliphatic rings. The molecule has 0 radical (unpaired) electrons. The molecule has 1 heterocycles. The van der Waals surface area contributed by atoms with E-state index in [4.69, 9.17) is 4.74 Å². The molecule has 21 heavy (non-hydrogen) atoms. The second-order valence-corrected chi connectivity index (χ2v) is 6.09. The van der Waals surface area contributed by atoms with Gasteiger partial charge in [-0.05, 0) is 49.8 Å². The van der Waals surface area contributed by atoms with Crippen LogP contribution in [0.15, 0.2) is 24.3 Å². The van der Waals surface area contributed by atoms with E-state index in [0.717, 1.165) is 17.3 Å². The predicted octanol–water partition coefficient (Wildman–Crippen LogP) is 4.02. The first-order valence-corrected chi connectivity index (χ1v) is 8.07. The van der Waals surface area contributed by atoms with Crippen molar-refractivity contribution in [3.05, 3.63) is 24.3 Å². The van der Waals surface area contributed by atoms with E-state index < -0.39 is 0 Å². The van der Waals surface area contributed by atoms with Crippen LogP contribution in [-0.2, 0) is 4.74 Å². The van der Waals surface area contributed by atoms with Crippen LogP contribution in [0.4, 0.5) is 16.2 Å². The lowest BCUT2D eigenvalue weighted by Crippen LogP contribution is -2.26. The average molecular weight is 288 g/mol. The molecule has 1 N–H and O–H groups in total. The smallest absolute Gasteiger partial charge is 0.414 e. The van der Waals surface area contributed by atoms with Gasteiger partial charge in [-0.25, -0.2) is 4.79 Å². The van der Waals surface area contributed by atoms with Gasteiger partial charge in [-0.1, -0.05) is 19.4 Å². The van der Waals surface area contributed by atoms with Gasteiger partial charge < -0.3 is 10.1 Å². The van der Waals surface area contributed by atoms with Crippen molar-refractivity contribution in [1.29, 1.82) is 0 Å². The maximum absolute atomic E-state index is 11.6. The maximum Gasteiger partial charge on any atom is 0.414 e. The highest BCUT2D eigenvalue weighted by Crippen LogP contribution is 2.29. The van der Waals surface area contributed by atoms with Gasteiger partial charge in [-0.3, -0.25) is 4.90 Å². The Morgan fingerprint density at radius 1 is 1.29 bits per heavy atom. The first kappa shape index (κ1) is 14.2. The van der Waals surface area contributed by atoms with E-state index in [1.807, 2.05) is 12.1 Å². The van der Waals surface area contributed by atoms with E-state index in [0.29, 0.717) is 19.2 Å². The lowest BCUT2D eigenvalue weighted by molar-refractivity contribution is 0.181. The molecule has 0 spiro atoms. The van der Waals surface area contributed by atoms with Crippen molar-refractivity contribution in [3.63, 3.8) is 0 Å². The highest BCUT2D eigenvalue weighted by Gasteiger charge is 2.24. The van der Waals surface area contributed by atoms with Gasteiger partial charge in [-0.2, -0.15) is 0 Å². The van der Waals surface area contributed by atoms with Crippen LogP contribution in [-0.4, -0.2) is 25.3 Å². The number of carbonyl (C=O) groups is 1. The largest absolute Gasteiger partial charge is 0.447 e. The van der Waals surface area contributed by atoms with E-state index >= 15 is 0 Å². The lowest BCUT2D eigenvalue weighted by Gasteiger charge is -2.29. The van der Waals surface area contributed by atoms with Crippen molar-refractivity contribution < 1.29 is 9.53 Å². The SMILES string of the molecule is CCC1CCC(Nc2cccc(N3CCOC3=O)c2)CC1. The summed E-state index contributed by atoms with van der Waals surface area (Å²) in [5.41, 5.74) is 2.02. The minimum atomic E-state index is -0.240. The molecule has 0 atom stereocenters. The molecule has 1 aliphatic heterocycles. The normalized spacial score (nSPS) is 25.8. The minimum Gasteiger partial charge on any atom is -0.447 e. The molecule has 114 valence electrons. The number of hydrogen-bond acceptors (Lipinski definition) is 3. The molecular weight excluding hydrogens is 264 g/mol. The van der Waals surface area contributed by atoms with Gasteiger partial charge in [0.15, 0.2) is 0 Å². The van der Waals surface area contributed by atoms with Crippen molar-refractivity contribution >= 4 is 17.5 Å². The number of ether oxygens (including phenoxy) is 1. The zero-order valence-electron chi connectivity index (χ0n) is 12.7. The van der Waals surface area contributed by atoms with E-state index in [1.54, 1.807) is 4.90 Å².